The van der Waals surface area contributed by atoms with Crippen LogP contribution in [-0.2, 0) is 6.54 Å². The second-order valence-electron chi connectivity index (χ2n) is 8.56. The van der Waals surface area contributed by atoms with Crippen LogP contribution in [0.4, 0.5) is 0 Å². The third-order valence-electron chi connectivity index (χ3n) is 5.96. The third-order valence-corrected chi connectivity index (χ3v) is 5.96. The van der Waals surface area contributed by atoms with E-state index in [2.05, 4.69) is 20.6 Å². The molecule has 2 aromatic heterocycles. The van der Waals surface area contributed by atoms with Crippen molar-refractivity contribution in [3.05, 3.63) is 90.4 Å². The quantitative estimate of drug-likeness (QED) is 0.272. The molecule has 0 fully saturated rings. The predicted molar refractivity (Wildman–Crippen MR) is 138 cm³/mol. The van der Waals surface area contributed by atoms with E-state index >= 15 is 0 Å². The van der Waals surface area contributed by atoms with Crippen molar-refractivity contribution in [2.45, 2.75) is 38.6 Å². The fraction of sp³-hybridized carbons (Fsp3) is 0.250. The van der Waals surface area contributed by atoms with E-state index in [4.69, 9.17) is 5.11 Å². The first kappa shape index (κ1) is 24.8. The average Bonchev–Trinajstić information content (AvgIpc) is 3.39. The molecule has 0 saturated heterocycles. The zero-order valence-electron chi connectivity index (χ0n) is 20.0. The van der Waals surface area contributed by atoms with E-state index in [-0.39, 0.29) is 11.5 Å². The highest BCUT2D eigenvalue weighted by atomic mass is 16.4. The highest BCUT2D eigenvalue weighted by molar-refractivity contribution is 6.01. The number of carboxylic acid groups (broad SMARTS) is 1. The molecule has 0 radical (unpaired) electrons. The van der Waals surface area contributed by atoms with Crippen molar-refractivity contribution in [3.63, 3.8) is 0 Å². The molecule has 0 unspecified atom stereocenters. The van der Waals surface area contributed by atoms with Crippen LogP contribution in [0.2, 0.25) is 0 Å². The fourth-order valence-corrected chi connectivity index (χ4v) is 4.01. The molecule has 0 atom stereocenters. The van der Waals surface area contributed by atoms with Gasteiger partial charge < -0.3 is 10.4 Å². The summed E-state index contributed by atoms with van der Waals surface area (Å²) in [5.74, 6) is -1.09. The molecule has 4 aromatic rings. The molecule has 0 spiro atoms. The molecule has 2 aromatic carbocycles. The maximum atomic E-state index is 12.8. The van der Waals surface area contributed by atoms with Gasteiger partial charge in [0.05, 0.1) is 11.8 Å². The van der Waals surface area contributed by atoms with E-state index in [1.54, 1.807) is 42.7 Å². The summed E-state index contributed by atoms with van der Waals surface area (Å²) in [6.45, 7) is 1.44. The number of hydrogen-bond donors (Lipinski definition) is 2. The molecule has 8 nitrogen and oxygen atoms in total. The van der Waals surface area contributed by atoms with Crippen LogP contribution in [0.15, 0.2) is 79.3 Å². The fourth-order valence-electron chi connectivity index (χ4n) is 4.01. The van der Waals surface area contributed by atoms with Gasteiger partial charge in [0, 0.05) is 36.6 Å². The van der Waals surface area contributed by atoms with Crippen LogP contribution in [0, 0.1) is 0 Å². The Balaban J connectivity index is 1.16. The predicted octanol–water partition coefficient (Wildman–Crippen LogP) is 5.09. The number of nitrogens with zero attached hydrogens (tertiary/aromatic N) is 4. The molecule has 8 heteroatoms. The Morgan fingerprint density at radius 3 is 2.42 bits per heavy atom. The lowest BCUT2D eigenvalue weighted by Crippen LogP contribution is -2.25. The van der Waals surface area contributed by atoms with Crippen molar-refractivity contribution in [2.75, 3.05) is 6.54 Å². The zero-order valence-corrected chi connectivity index (χ0v) is 20.0. The number of nitrogens with one attached hydrogen (secondary N) is 1. The number of carbonyl (C=O) groups excluding carboxylic acids is 1. The zero-order chi connectivity index (χ0) is 25.2. The van der Waals surface area contributed by atoms with Gasteiger partial charge in [0.15, 0.2) is 0 Å². The Kier molecular flexibility index (Phi) is 8.53. The van der Waals surface area contributed by atoms with Crippen LogP contribution >= 0.6 is 0 Å². The first-order chi connectivity index (χ1) is 17.6. The second-order valence-corrected chi connectivity index (χ2v) is 8.56. The summed E-state index contributed by atoms with van der Waals surface area (Å²) in [5, 5.41) is 20.5. The van der Waals surface area contributed by atoms with E-state index in [0.717, 1.165) is 61.0 Å². The van der Waals surface area contributed by atoms with Crippen molar-refractivity contribution in [3.8, 4) is 22.4 Å². The number of aromatic carboxylic acids is 1. The smallest absolute Gasteiger partial charge is 0.335 e. The Morgan fingerprint density at radius 2 is 1.64 bits per heavy atom. The summed E-state index contributed by atoms with van der Waals surface area (Å²) >= 11 is 0. The Bertz CT molecular complexity index is 1290. The van der Waals surface area contributed by atoms with E-state index in [1.807, 2.05) is 41.2 Å². The van der Waals surface area contributed by atoms with E-state index in [1.165, 1.54) is 0 Å². The molecular formula is C28H29N5O3. The molecule has 0 saturated carbocycles. The van der Waals surface area contributed by atoms with E-state index in [9.17, 15) is 9.59 Å². The van der Waals surface area contributed by atoms with Gasteiger partial charge in [-0.15, -0.1) is 5.10 Å². The number of pyridine rings is 1. The number of amides is 1. The average molecular weight is 484 g/mol. The van der Waals surface area contributed by atoms with Crippen molar-refractivity contribution in [1.29, 1.82) is 0 Å². The van der Waals surface area contributed by atoms with E-state index < -0.39 is 5.97 Å². The molecule has 2 N–H and O–H groups in total. The van der Waals surface area contributed by atoms with Crippen LogP contribution in [0.3, 0.4) is 0 Å². The first-order valence-corrected chi connectivity index (χ1v) is 12.1. The summed E-state index contributed by atoms with van der Waals surface area (Å²) in [6.07, 6.45) is 10.6. The topological polar surface area (TPSA) is 110 Å². The highest BCUT2D eigenvalue weighted by Gasteiger charge is 2.12. The van der Waals surface area contributed by atoms with Gasteiger partial charge in [0.2, 0.25) is 0 Å². The molecule has 0 aliphatic carbocycles. The van der Waals surface area contributed by atoms with Gasteiger partial charge in [-0.25, -0.2) is 4.79 Å². The standard InChI is InChI=1S/C28H29N5O3/c34-27(25-11-5-4-10-24(25)21-12-14-22(15-13-21)28(35)36)30-17-6-2-1-3-7-18-33-20-26(31-32-33)23-9-8-16-29-19-23/h4-5,8-16,19-20H,1-3,6-7,17-18H2,(H,30,34)(H,35,36). The van der Waals surface area contributed by atoms with Crippen LogP contribution in [0.1, 0.15) is 52.8 Å². The normalized spacial score (nSPS) is 10.8. The lowest BCUT2D eigenvalue weighted by atomic mass is 9.98. The number of aromatic nitrogens is 4. The minimum Gasteiger partial charge on any atom is -0.478 e. The van der Waals surface area contributed by atoms with Crippen molar-refractivity contribution >= 4 is 11.9 Å². The van der Waals surface area contributed by atoms with Gasteiger partial charge >= 0.3 is 5.97 Å². The van der Waals surface area contributed by atoms with Crippen molar-refractivity contribution in [2.24, 2.45) is 0 Å². The number of carboxylic acids is 1. The number of benzene rings is 2. The van der Waals surface area contributed by atoms with Crippen molar-refractivity contribution in [1.82, 2.24) is 25.3 Å². The highest BCUT2D eigenvalue weighted by Crippen LogP contribution is 2.24. The van der Waals surface area contributed by atoms with Crippen LogP contribution in [-0.4, -0.2) is 43.5 Å². The van der Waals surface area contributed by atoms with Gasteiger partial charge in [-0.05, 0) is 54.3 Å². The summed E-state index contributed by atoms with van der Waals surface area (Å²) < 4.78 is 1.87. The summed E-state index contributed by atoms with van der Waals surface area (Å²) in [5.41, 5.74) is 4.19. The number of hydrogen-bond acceptors (Lipinski definition) is 5. The van der Waals surface area contributed by atoms with Gasteiger partial charge in [-0.1, -0.05) is 54.8 Å². The van der Waals surface area contributed by atoms with Crippen LogP contribution in [0.5, 0.6) is 0 Å². The third kappa shape index (κ3) is 6.63. The maximum Gasteiger partial charge on any atom is 0.335 e. The summed E-state index contributed by atoms with van der Waals surface area (Å²) in [7, 11) is 0. The molecule has 184 valence electrons. The van der Waals surface area contributed by atoms with Gasteiger partial charge in [0.25, 0.3) is 5.91 Å². The van der Waals surface area contributed by atoms with Gasteiger partial charge in [-0.3, -0.25) is 14.5 Å². The number of aryl methyl sites for hydroxylation is 1. The molecule has 2 heterocycles. The Morgan fingerprint density at radius 1 is 0.861 bits per heavy atom. The lowest BCUT2D eigenvalue weighted by Gasteiger charge is -2.11. The van der Waals surface area contributed by atoms with E-state index in [0.29, 0.717) is 12.1 Å². The number of rotatable bonds is 12. The Labute approximate surface area is 210 Å². The minimum atomic E-state index is -0.971. The molecule has 4 rings (SSSR count). The van der Waals surface area contributed by atoms with Gasteiger partial charge in [0.1, 0.15) is 5.69 Å². The number of carbonyl (C=O) groups is 2. The SMILES string of the molecule is O=C(O)c1ccc(-c2ccccc2C(=O)NCCCCCCCn2cc(-c3cccnc3)nn2)cc1. The molecule has 0 aliphatic rings. The largest absolute Gasteiger partial charge is 0.478 e. The molecule has 1 amide bonds. The monoisotopic (exact) mass is 483 g/mol. The second kappa shape index (κ2) is 12.4. The molecule has 0 bridgehead atoms. The number of unbranched alkanes of at least 4 members (excludes halogenated alkanes) is 4. The molecule has 36 heavy (non-hydrogen) atoms. The molecular weight excluding hydrogens is 454 g/mol. The summed E-state index contributed by atoms with van der Waals surface area (Å²) in [6, 6.07) is 17.8. The maximum absolute atomic E-state index is 12.8. The van der Waals surface area contributed by atoms with Gasteiger partial charge in [-0.2, -0.15) is 0 Å². The van der Waals surface area contributed by atoms with Crippen LogP contribution in [0.25, 0.3) is 22.4 Å². The first-order valence-electron chi connectivity index (χ1n) is 12.1. The Hall–Kier alpha value is -4.33. The molecule has 0 aliphatic heterocycles. The minimum absolute atomic E-state index is 0.122. The van der Waals surface area contributed by atoms with Crippen molar-refractivity contribution < 1.29 is 14.7 Å². The lowest BCUT2D eigenvalue weighted by molar-refractivity contribution is 0.0696. The summed E-state index contributed by atoms with van der Waals surface area (Å²) in [4.78, 5) is 28.0. The van der Waals surface area contributed by atoms with Crippen LogP contribution < -0.4 is 5.32 Å².